The average molecular weight is 276 g/mol. The molecule has 4 heteroatoms. The highest BCUT2D eigenvalue weighted by Crippen LogP contribution is 2.21. The van der Waals surface area contributed by atoms with E-state index in [0.29, 0.717) is 12.5 Å². The van der Waals surface area contributed by atoms with E-state index in [9.17, 15) is 4.79 Å². The van der Waals surface area contributed by atoms with E-state index < -0.39 is 0 Å². The van der Waals surface area contributed by atoms with Gasteiger partial charge in [-0.3, -0.25) is 4.79 Å². The second-order valence-electron chi connectivity index (χ2n) is 5.91. The summed E-state index contributed by atoms with van der Waals surface area (Å²) in [6.45, 7) is 2.34. The molecule has 1 aromatic rings. The number of nitrogens with zero attached hydrogens (tertiary/aromatic N) is 2. The van der Waals surface area contributed by atoms with E-state index in [0.717, 1.165) is 31.5 Å². The average Bonchev–Trinajstić information content (AvgIpc) is 2.87. The summed E-state index contributed by atoms with van der Waals surface area (Å²) in [6.07, 6.45) is 2.10. The van der Waals surface area contributed by atoms with Crippen molar-refractivity contribution in [2.45, 2.75) is 19.4 Å². The Morgan fingerprint density at radius 1 is 1.30 bits per heavy atom. The molecule has 1 aliphatic rings. The maximum absolute atomic E-state index is 12.0. The topological polar surface area (TPSA) is 43.8 Å². The Morgan fingerprint density at radius 2 is 1.95 bits per heavy atom. The molecule has 1 saturated heterocycles. The zero-order valence-electron chi connectivity index (χ0n) is 12.4. The molecule has 1 aliphatic heterocycles. The van der Waals surface area contributed by atoms with Crippen molar-refractivity contribution in [1.82, 2.24) is 9.80 Å². The normalized spacial score (nSPS) is 18.8. The van der Waals surface area contributed by atoms with E-state index in [1.807, 2.05) is 36.0 Å². The molecule has 1 amide bonds. The van der Waals surface area contributed by atoms with Gasteiger partial charge in [-0.1, -0.05) is 24.3 Å². The van der Waals surface area contributed by atoms with Crippen LogP contribution in [0.2, 0.25) is 0 Å². The largest absolute Gasteiger partial charge is 0.392 e. The van der Waals surface area contributed by atoms with Gasteiger partial charge in [0.1, 0.15) is 0 Å². The lowest BCUT2D eigenvalue weighted by atomic mass is 9.98. The summed E-state index contributed by atoms with van der Waals surface area (Å²) < 4.78 is 0. The molecule has 0 spiro atoms. The highest BCUT2D eigenvalue weighted by atomic mass is 16.3. The first-order valence-corrected chi connectivity index (χ1v) is 7.19. The van der Waals surface area contributed by atoms with E-state index in [4.69, 9.17) is 5.11 Å². The fraction of sp³-hybridized carbons (Fsp3) is 0.562. The first kappa shape index (κ1) is 15.0. The fourth-order valence-electron chi connectivity index (χ4n) is 2.71. The summed E-state index contributed by atoms with van der Waals surface area (Å²) in [4.78, 5) is 15.9. The van der Waals surface area contributed by atoms with Crippen LogP contribution in [0.15, 0.2) is 24.3 Å². The van der Waals surface area contributed by atoms with Gasteiger partial charge in [-0.15, -0.1) is 0 Å². The quantitative estimate of drug-likeness (QED) is 0.877. The smallest absolute Gasteiger partial charge is 0.236 e. The van der Waals surface area contributed by atoms with Crippen LogP contribution >= 0.6 is 0 Å². The third kappa shape index (κ3) is 4.05. The molecule has 0 saturated carbocycles. The van der Waals surface area contributed by atoms with Gasteiger partial charge in [0.2, 0.25) is 5.91 Å². The Morgan fingerprint density at radius 3 is 2.55 bits per heavy atom. The van der Waals surface area contributed by atoms with Gasteiger partial charge < -0.3 is 14.9 Å². The first-order chi connectivity index (χ1) is 9.58. The van der Waals surface area contributed by atoms with Gasteiger partial charge in [0, 0.05) is 13.1 Å². The maximum Gasteiger partial charge on any atom is 0.236 e. The second kappa shape index (κ2) is 6.86. The molecule has 0 bridgehead atoms. The molecular formula is C16H24N2O2. The van der Waals surface area contributed by atoms with E-state index in [2.05, 4.69) is 12.1 Å². The predicted molar refractivity (Wildman–Crippen MR) is 79.3 cm³/mol. The standard InChI is InChI=1S/C16H24N2O2/c1-17(2)11-16(20)18-8-7-15(10-18)9-13-3-5-14(12-19)6-4-13/h3-6,15,19H,7-12H2,1-2H3/t15-/m0/s1. The lowest BCUT2D eigenvalue weighted by Gasteiger charge is -2.19. The van der Waals surface area contributed by atoms with Crippen molar-refractivity contribution in [2.24, 2.45) is 5.92 Å². The number of carbonyl (C=O) groups excluding carboxylic acids is 1. The molecule has 0 unspecified atom stereocenters. The fourth-order valence-corrected chi connectivity index (χ4v) is 2.71. The number of hydrogen-bond donors (Lipinski definition) is 1. The van der Waals surface area contributed by atoms with Gasteiger partial charge in [0.15, 0.2) is 0 Å². The molecule has 1 atom stereocenters. The number of hydrogen-bond acceptors (Lipinski definition) is 3. The summed E-state index contributed by atoms with van der Waals surface area (Å²) in [5.74, 6) is 0.786. The van der Waals surface area contributed by atoms with Crippen molar-refractivity contribution >= 4 is 5.91 Å². The third-order valence-corrected chi connectivity index (χ3v) is 3.82. The van der Waals surface area contributed by atoms with Crippen molar-refractivity contribution in [3.8, 4) is 0 Å². The summed E-state index contributed by atoms with van der Waals surface area (Å²) in [5, 5.41) is 9.03. The number of carbonyl (C=O) groups is 1. The van der Waals surface area contributed by atoms with Crippen LogP contribution in [0.4, 0.5) is 0 Å². The van der Waals surface area contributed by atoms with Crippen LogP contribution in [0.3, 0.4) is 0 Å². The van der Waals surface area contributed by atoms with Gasteiger partial charge in [0.25, 0.3) is 0 Å². The summed E-state index contributed by atoms with van der Waals surface area (Å²) in [5.41, 5.74) is 2.23. The number of rotatable bonds is 5. The SMILES string of the molecule is CN(C)CC(=O)N1CC[C@@H](Cc2ccc(CO)cc2)C1. The van der Waals surface area contributed by atoms with Crippen LogP contribution in [0.5, 0.6) is 0 Å². The number of amides is 1. The van der Waals surface area contributed by atoms with Crippen molar-refractivity contribution in [3.63, 3.8) is 0 Å². The summed E-state index contributed by atoms with van der Waals surface area (Å²) in [6, 6.07) is 8.10. The van der Waals surface area contributed by atoms with Gasteiger partial charge in [0.05, 0.1) is 13.2 Å². The molecular weight excluding hydrogens is 252 g/mol. The molecule has 2 rings (SSSR count). The Kier molecular flexibility index (Phi) is 5.15. The Bertz CT molecular complexity index is 442. The minimum Gasteiger partial charge on any atom is -0.392 e. The van der Waals surface area contributed by atoms with E-state index >= 15 is 0 Å². The van der Waals surface area contributed by atoms with Crippen LogP contribution in [-0.4, -0.2) is 54.5 Å². The second-order valence-corrected chi connectivity index (χ2v) is 5.91. The number of aliphatic hydroxyl groups is 1. The van der Waals surface area contributed by atoms with Crippen molar-refractivity contribution in [2.75, 3.05) is 33.7 Å². The first-order valence-electron chi connectivity index (χ1n) is 7.19. The van der Waals surface area contributed by atoms with E-state index in [1.54, 1.807) is 0 Å². The number of likely N-dealkylation sites (tertiary alicyclic amines) is 1. The lowest BCUT2D eigenvalue weighted by Crippen LogP contribution is -2.36. The molecule has 20 heavy (non-hydrogen) atoms. The van der Waals surface area contributed by atoms with Crippen LogP contribution in [0, 0.1) is 5.92 Å². The highest BCUT2D eigenvalue weighted by Gasteiger charge is 2.26. The van der Waals surface area contributed by atoms with E-state index in [-0.39, 0.29) is 12.5 Å². The predicted octanol–water partition coefficient (Wildman–Crippen LogP) is 1.13. The molecule has 1 aromatic carbocycles. The summed E-state index contributed by atoms with van der Waals surface area (Å²) in [7, 11) is 3.85. The lowest BCUT2D eigenvalue weighted by molar-refractivity contribution is -0.130. The highest BCUT2D eigenvalue weighted by molar-refractivity contribution is 5.78. The van der Waals surface area contributed by atoms with Crippen LogP contribution in [0.1, 0.15) is 17.5 Å². The minimum absolute atomic E-state index is 0.0938. The van der Waals surface area contributed by atoms with Crippen LogP contribution in [0.25, 0.3) is 0 Å². The minimum atomic E-state index is 0.0938. The van der Waals surface area contributed by atoms with Crippen molar-refractivity contribution in [3.05, 3.63) is 35.4 Å². The maximum atomic E-state index is 12.0. The molecule has 110 valence electrons. The molecule has 1 heterocycles. The van der Waals surface area contributed by atoms with Crippen molar-refractivity contribution in [1.29, 1.82) is 0 Å². The molecule has 0 radical (unpaired) electrons. The third-order valence-electron chi connectivity index (χ3n) is 3.82. The van der Waals surface area contributed by atoms with Crippen molar-refractivity contribution < 1.29 is 9.90 Å². The Labute approximate surface area is 121 Å². The van der Waals surface area contributed by atoms with Crippen LogP contribution in [-0.2, 0) is 17.8 Å². The zero-order valence-corrected chi connectivity index (χ0v) is 12.4. The molecule has 4 nitrogen and oxygen atoms in total. The molecule has 1 N–H and O–H groups in total. The van der Waals surface area contributed by atoms with Gasteiger partial charge >= 0.3 is 0 Å². The van der Waals surface area contributed by atoms with Crippen LogP contribution < -0.4 is 0 Å². The molecule has 1 fully saturated rings. The zero-order chi connectivity index (χ0) is 14.5. The van der Waals surface area contributed by atoms with Gasteiger partial charge in [-0.2, -0.15) is 0 Å². The van der Waals surface area contributed by atoms with E-state index in [1.165, 1.54) is 5.56 Å². The molecule has 0 aliphatic carbocycles. The summed E-state index contributed by atoms with van der Waals surface area (Å²) >= 11 is 0. The molecule has 0 aromatic heterocycles. The number of likely N-dealkylation sites (N-methyl/N-ethyl adjacent to an activating group) is 1. The van der Waals surface area contributed by atoms with Gasteiger partial charge in [-0.25, -0.2) is 0 Å². The monoisotopic (exact) mass is 276 g/mol. The Hall–Kier alpha value is -1.39. The number of aliphatic hydroxyl groups excluding tert-OH is 1. The Balaban J connectivity index is 1.84. The number of benzene rings is 1. The van der Waals surface area contributed by atoms with Gasteiger partial charge in [-0.05, 0) is 44.0 Å².